The molecule has 4 rings (SSSR count). The second kappa shape index (κ2) is 10.9. The van der Waals surface area contributed by atoms with Gasteiger partial charge in [-0.15, -0.1) is 0 Å². The molecule has 4 nitrogen and oxygen atoms in total. The van der Waals surface area contributed by atoms with Crippen molar-refractivity contribution in [2.24, 2.45) is 0 Å². The number of rotatable bonds is 8. The summed E-state index contributed by atoms with van der Waals surface area (Å²) in [4.78, 5) is 15.2. The molecule has 0 unspecified atom stereocenters. The number of hydrogen-bond acceptors (Lipinski definition) is 5. The van der Waals surface area contributed by atoms with Crippen molar-refractivity contribution in [3.05, 3.63) is 99.4 Å². The van der Waals surface area contributed by atoms with E-state index in [9.17, 15) is 4.79 Å². The molecule has 3 aromatic carbocycles. The van der Waals surface area contributed by atoms with Crippen molar-refractivity contribution in [1.82, 2.24) is 4.90 Å². The number of carbonyl (C=O) groups is 1. The summed E-state index contributed by atoms with van der Waals surface area (Å²) in [5, 5.41) is 0.696. The van der Waals surface area contributed by atoms with E-state index in [1.54, 1.807) is 12.0 Å². The Hall–Kier alpha value is -2.80. The molecule has 0 N–H and O–H groups in total. The molecule has 0 aromatic heterocycles. The van der Waals surface area contributed by atoms with Crippen LogP contribution in [0.2, 0.25) is 5.02 Å². The van der Waals surface area contributed by atoms with Crippen molar-refractivity contribution >= 4 is 51.9 Å². The Morgan fingerprint density at radius 3 is 2.45 bits per heavy atom. The van der Waals surface area contributed by atoms with Gasteiger partial charge in [0.05, 0.1) is 12.0 Å². The topological polar surface area (TPSA) is 38.8 Å². The Kier molecular flexibility index (Phi) is 7.70. The SMILES string of the molecule is COc1ccc(CCN2C(=O)C(=Cc3cccc(OCc4ccc(Cl)cc4)c3)SC2=S)cc1. The summed E-state index contributed by atoms with van der Waals surface area (Å²) in [6.45, 7) is 0.979. The fraction of sp³-hybridized carbons (Fsp3) is 0.154. The number of methoxy groups -OCH3 is 1. The first-order chi connectivity index (χ1) is 16.0. The molecule has 1 heterocycles. The number of amides is 1. The number of halogens is 1. The second-order valence-electron chi connectivity index (χ2n) is 7.42. The number of nitrogens with zero attached hydrogens (tertiary/aromatic N) is 1. The van der Waals surface area contributed by atoms with Gasteiger partial charge in [0.25, 0.3) is 5.91 Å². The van der Waals surface area contributed by atoms with Gasteiger partial charge < -0.3 is 9.47 Å². The van der Waals surface area contributed by atoms with Gasteiger partial charge in [0, 0.05) is 11.6 Å². The minimum Gasteiger partial charge on any atom is -0.497 e. The van der Waals surface area contributed by atoms with Crippen LogP contribution >= 0.6 is 35.6 Å². The summed E-state index contributed by atoms with van der Waals surface area (Å²) in [5.41, 5.74) is 3.04. The summed E-state index contributed by atoms with van der Waals surface area (Å²) in [6.07, 6.45) is 2.58. The largest absolute Gasteiger partial charge is 0.497 e. The van der Waals surface area contributed by atoms with E-state index in [4.69, 9.17) is 33.3 Å². The van der Waals surface area contributed by atoms with Crippen LogP contribution in [0.1, 0.15) is 16.7 Å². The zero-order chi connectivity index (χ0) is 23.2. The van der Waals surface area contributed by atoms with Crippen molar-refractivity contribution in [2.75, 3.05) is 13.7 Å². The molecule has 1 aliphatic rings. The smallest absolute Gasteiger partial charge is 0.266 e. The monoisotopic (exact) mass is 495 g/mol. The minimum absolute atomic E-state index is 0.0639. The van der Waals surface area contributed by atoms with Crippen LogP contribution in [-0.4, -0.2) is 28.8 Å². The van der Waals surface area contributed by atoms with E-state index in [1.807, 2.05) is 78.9 Å². The quantitative estimate of drug-likeness (QED) is 0.268. The minimum atomic E-state index is -0.0639. The third-order valence-corrected chi connectivity index (χ3v) is 6.76. The van der Waals surface area contributed by atoms with Crippen molar-refractivity contribution in [3.8, 4) is 11.5 Å². The Morgan fingerprint density at radius 2 is 1.73 bits per heavy atom. The molecule has 1 saturated heterocycles. The number of hydrogen-bond donors (Lipinski definition) is 0. The van der Waals surface area contributed by atoms with Gasteiger partial charge in [0.1, 0.15) is 22.4 Å². The van der Waals surface area contributed by atoms with Gasteiger partial charge in [0.2, 0.25) is 0 Å². The Bertz CT molecular complexity index is 1180. The normalized spacial score (nSPS) is 14.7. The van der Waals surface area contributed by atoms with E-state index in [-0.39, 0.29) is 5.91 Å². The Balaban J connectivity index is 1.39. The van der Waals surface area contributed by atoms with Crippen LogP contribution in [0.25, 0.3) is 6.08 Å². The molecule has 0 saturated carbocycles. The van der Waals surface area contributed by atoms with E-state index >= 15 is 0 Å². The molecule has 0 spiro atoms. The van der Waals surface area contributed by atoms with E-state index in [2.05, 4.69) is 0 Å². The van der Waals surface area contributed by atoms with Crippen LogP contribution in [0.4, 0.5) is 0 Å². The van der Waals surface area contributed by atoms with Crippen LogP contribution < -0.4 is 9.47 Å². The third-order valence-electron chi connectivity index (χ3n) is 5.13. The van der Waals surface area contributed by atoms with Gasteiger partial charge in [-0.05, 0) is 65.6 Å². The molecule has 33 heavy (non-hydrogen) atoms. The lowest BCUT2D eigenvalue weighted by Crippen LogP contribution is -2.30. The summed E-state index contributed by atoms with van der Waals surface area (Å²) in [7, 11) is 1.64. The standard InChI is InChI=1S/C26H22ClNO3S2/c1-30-22-11-7-18(8-12-22)13-14-28-25(29)24(33-26(28)32)16-20-3-2-4-23(15-20)31-17-19-5-9-21(27)10-6-19/h2-12,15-16H,13-14,17H2,1H3. The number of ether oxygens (including phenoxy) is 2. The zero-order valence-electron chi connectivity index (χ0n) is 18.0. The molecule has 168 valence electrons. The highest BCUT2D eigenvalue weighted by Gasteiger charge is 2.31. The molecule has 0 radical (unpaired) electrons. The molecule has 0 atom stereocenters. The van der Waals surface area contributed by atoms with E-state index in [0.717, 1.165) is 34.6 Å². The number of thioether (sulfide) groups is 1. The van der Waals surface area contributed by atoms with Crippen LogP contribution in [-0.2, 0) is 17.8 Å². The summed E-state index contributed by atoms with van der Waals surface area (Å²) >= 11 is 12.7. The van der Waals surface area contributed by atoms with Gasteiger partial charge in [-0.2, -0.15) is 0 Å². The van der Waals surface area contributed by atoms with Crippen molar-refractivity contribution in [3.63, 3.8) is 0 Å². The Morgan fingerprint density at radius 1 is 1.00 bits per heavy atom. The van der Waals surface area contributed by atoms with E-state index in [1.165, 1.54) is 11.8 Å². The average Bonchev–Trinajstić information content (AvgIpc) is 3.10. The van der Waals surface area contributed by atoms with Crippen molar-refractivity contribution in [2.45, 2.75) is 13.0 Å². The van der Waals surface area contributed by atoms with Crippen molar-refractivity contribution in [1.29, 1.82) is 0 Å². The zero-order valence-corrected chi connectivity index (χ0v) is 20.4. The lowest BCUT2D eigenvalue weighted by molar-refractivity contribution is -0.122. The highest BCUT2D eigenvalue weighted by molar-refractivity contribution is 8.26. The lowest BCUT2D eigenvalue weighted by atomic mass is 10.1. The van der Waals surface area contributed by atoms with Crippen LogP contribution in [0.15, 0.2) is 77.7 Å². The molecule has 1 amide bonds. The predicted molar refractivity (Wildman–Crippen MR) is 139 cm³/mol. The molecule has 1 aliphatic heterocycles. The Labute approximate surface area is 208 Å². The second-order valence-corrected chi connectivity index (χ2v) is 9.53. The van der Waals surface area contributed by atoms with Crippen LogP contribution in [0.3, 0.4) is 0 Å². The number of thiocarbonyl (C=S) groups is 1. The van der Waals surface area contributed by atoms with Gasteiger partial charge in [0.15, 0.2) is 0 Å². The lowest BCUT2D eigenvalue weighted by Gasteiger charge is -2.14. The highest BCUT2D eigenvalue weighted by Crippen LogP contribution is 2.33. The number of carbonyl (C=O) groups excluding carboxylic acids is 1. The fourth-order valence-electron chi connectivity index (χ4n) is 3.32. The third kappa shape index (κ3) is 6.16. The molecular formula is C26H22ClNO3S2. The molecular weight excluding hydrogens is 474 g/mol. The first kappa shape index (κ1) is 23.4. The average molecular weight is 496 g/mol. The van der Waals surface area contributed by atoms with Gasteiger partial charge in [-0.25, -0.2) is 0 Å². The number of benzene rings is 3. The highest BCUT2D eigenvalue weighted by atomic mass is 35.5. The van der Waals surface area contributed by atoms with Crippen LogP contribution in [0.5, 0.6) is 11.5 Å². The maximum absolute atomic E-state index is 13.0. The predicted octanol–water partition coefficient (Wildman–Crippen LogP) is 6.37. The van der Waals surface area contributed by atoms with E-state index < -0.39 is 0 Å². The molecule has 1 fully saturated rings. The van der Waals surface area contributed by atoms with Gasteiger partial charge in [-0.3, -0.25) is 9.69 Å². The maximum atomic E-state index is 13.0. The molecule has 0 aliphatic carbocycles. The summed E-state index contributed by atoms with van der Waals surface area (Å²) < 4.78 is 11.7. The molecule has 3 aromatic rings. The van der Waals surface area contributed by atoms with Gasteiger partial charge >= 0.3 is 0 Å². The van der Waals surface area contributed by atoms with Crippen molar-refractivity contribution < 1.29 is 14.3 Å². The van der Waals surface area contributed by atoms with E-state index in [0.29, 0.717) is 27.4 Å². The van der Waals surface area contributed by atoms with Gasteiger partial charge in [-0.1, -0.05) is 72.0 Å². The molecule has 0 bridgehead atoms. The van der Waals surface area contributed by atoms with Crippen LogP contribution in [0, 0.1) is 0 Å². The summed E-state index contributed by atoms with van der Waals surface area (Å²) in [6, 6.07) is 23.1. The first-order valence-electron chi connectivity index (χ1n) is 10.4. The first-order valence-corrected chi connectivity index (χ1v) is 12.0. The maximum Gasteiger partial charge on any atom is 0.266 e. The fourth-order valence-corrected chi connectivity index (χ4v) is 4.75. The summed E-state index contributed by atoms with van der Waals surface area (Å²) in [5.74, 6) is 1.48. The molecule has 7 heteroatoms.